The van der Waals surface area contributed by atoms with E-state index >= 15 is 0 Å². The monoisotopic (exact) mass is 467 g/mol. The van der Waals surface area contributed by atoms with E-state index in [4.69, 9.17) is 4.74 Å². The van der Waals surface area contributed by atoms with Crippen molar-refractivity contribution in [2.75, 3.05) is 0 Å². The van der Waals surface area contributed by atoms with Gasteiger partial charge in [-0.3, -0.25) is 9.89 Å². The maximum absolute atomic E-state index is 13.1. The molecule has 2 aromatic rings. The number of nitrogens with one attached hydrogen (secondary N) is 1. The van der Waals surface area contributed by atoms with Gasteiger partial charge in [-0.2, -0.15) is 5.10 Å². The molecule has 0 amide bonds. The van der Waals surface area contributed by atoms with Crippen LogP contribution >= 0.6 is 0 Å². The molecule has 1 aliphatic carbocycles. The van der Waals surface area contributed by atoms with Gasteiger partial charge >= 0.3 is 5.97 Å². The van der Waals surface area contributed by atoms with Crippen molar-refractivity contribution in [2.45, 2.75) is 100 Å². The topological polar surface area (TPSA) is 67.9 Å². The van der Waals surface area contributed by atoms with Gasteiger partial charge in [-0.05, 0) is 40.6 Å². The number of aromatic amines is 1. The normalized spacial score (nSPS) is 24.2. The van der Waals surface area contributed by atoms with E-state index in [0.717, 1.165) is 18.4 Å². The minimum Gasteiger partial charge on any atom is -0.461 e. The molecule has 5 nitrogen and oxygen atoms in total. The van der Waals surface area contributed by atoms with Crippen molar-refractivity contribution in [3.63, 3.8) is 0 Å². The molecule has 188 valence electrons. The summed E-state index contributed by atoms with van der Waals surface area (Å²) in [6, 6.07) is 8.31. The van der Waals surface area contributed by atoms with E-state index in [9.17, 15) is 4.79 Å². The second kappa shape index (κ2) is 9.47. The van der Waals surface area contributed by atoms with E-state index in [0.29, 0.717) is 29.4 Å². The largest absolute Gasteiger partial charge is 0.461 e. The van der Waals surface area contributed by atoms with Crippen LogP contribution in [0.5, 0.6) is 0 Å². The van der Waals surface area contributed by atoms with Crippen molar-refractivity contribution in [2.24, 2.45) is 28.6 Å². The van der Waals surface area contributed by atoms with Crippen molar-refractivity contribution in [1.29, 1.82) is 0 Å². The maximum atomic E-state index is 13.1. The van der Waals surface area contributed by atoms with Crippen LogP contribution in [0.25, 0.3) is 11.4 Å². The summed E-state index contributed by atoms with van der Waals surface area (Å²) in [5.41, 5.74) is 2.44. The van der Waals surface area contributed by atoms with Gasteiger partial charge in [0.1, 0.15) is 18.3 Å². The van der Waals surface area contributed by atoms with Crippen molar-refractivity contribution in [3.05, 3.63) is 35.7 Å². The van der Waals surface area contributed by atoms with Crippen molar-refractivity contribution in [1.82, 2.24) is 15.2 Å². The van der Waals surface area contributed by atoms with Gasteiger partial charge in [-0.25, -0.2) is 4.98 Å². The molecular weight excluding hydrogens is 422 g/mol. The number of nitrogens with zero attached hydrogens (tertiary/aromatic N) is 2. The van der Waals surface area contributed by atoms with E-state index in [1.165, 1.54) is 5.56 Å². The zero-order valence-corrected chi connectivity index (χ0v) is 23.0. The van der Waals surface area contributed by atoms with Gasteiger partial charge in [0, 0.05) is 17.4 Å². The summed E-state index contributed by atoms with van der Waals surface area (Å²) >= 11 is 0. The van der Waals surface area contributed by atoms with Crippen LogP contribution < -0.4 is 0 Å². The molecule has 1 aromatic heterocycles. The van der Waals surface area contributed by atoms with Crippen LogP contribution in [-0.2, 0) is 21.4 Å². The number of hydrogen-bond donors (Lipinski definition) is 1. The number of H-pyrrole nitrogens is 1. The summed E-state index contributed by atoms with van der Waals surface area (Å²) in [5.74, 6) is 2.21. The van der Waals surface area contributed by atoms with E-state index in [-0.39, 0.29) is 34.7 Å². The standard InChI is InChI=1S/C29H45N3O2/c1-18-15-21(28(5,6)7)25(22(16-18)29(8,9)10)34-24(33)17-23-30-26(32-31-23)19-11-13-20(14-12-19)27(2,3)4/h11-14,18,21-22,25H,15-17H2,1-10H3,(H,30,31,32). The highest BCUT2D eigenvalue weighted by molar-refractivity contribution is 5.72. The highest BCUT2D eigenvalue weighted by Gasteiger charge is 2.47. The zero-order valence-electron chi connectivity index (χ0n) is 23.0. The first kappa shape index (κ1) is 26.4. The number of benzene rings is 1. The van der Waals surface area contributed by atoms with Crippen LogP contribution in [-0.4, -0.2) is 27.3 Å². The summed E-state index contributed by atoms with van der Waals surface area (Å²) in [4.78, 5) is 17.7. The van der Waals surface area contributed by atoms with Gasteiger partial charge in [0.05, 0.1) is 0 Å². The van der Waals surface area contributed by atoms with Gasteiger partial charge in [-0.1, -0.05) is 93.5 Å². The average molecular weight is 468 g/mol. The molecule has 34 heavy (non-hydrogen) atoms. The summed E-state index contributed by atoms with van der Waals surface area (Å²) < 4.78 is 6.26. The summed E-state index contributed by atoms with van der Waals surface area (Å²) in [6.07, 6.45) is 2.19. The molecule has 2 unspecified atom stereocenters. The summed E-state index contributed by atoms with van der Waals surface area (Å²) in [7, 11) is 0. The smallest absolute Gasteiger partial charge is 0.313 e. The predicted octanol–water partition coefficient (Wildman–Crippen LogP) is 6.98. The number of ether oxygens (including phenoxy) is 1. The Bertz CT molecular complexity index is 947. The highest BCUT2D eigenvalue weighted by Crippen LogP contribution is 2.49. The third kappa shape index (κ3) is 6.28. The van der Waals surface area contributed by atoms with Gasteiger partial charge < -0.3 is 4.74 Å². The van der Waals surface area contributed by atoms with Crippen LogP contribution in [0, 0.1) is 28.6 Å². The second-order valence-electron chi connectivity index (χ2n) is 13.6. The average Bonchev–Trinajstić information content (AvgIpc) is 3.15. The molecule has 1 aliphatic rings. The van der Waals surface area contributed by atoms with Crippen LogP contribution in [0.15, 0.2) is 24.3 Å². The Morgan fingerprint density at radius 1 is 0.941 bits per heavy atom. The molecule has 1 saturated carbocycles. The molecule has 5 heteroatoms. The lowest BCUT2D eigenvalue weighted by atomic mass is 9.59. The SMILES string of the molecule is CC1CC(C(C)(C)C)C(OC(=O)Cc2nc(-c3ccc(C(C)(C)C)cc3)n[nH]2)C(C(C)(C)C)C1. The molecule has 1 fully saturated rings. The molecule has 0 bridgehead atoms. The quantitative estimate of drug-likeness (QED) is 0.493. The van der Waals surface area contributed by atoms with Crippen LogP contribution in [0.3, 0.4) is 0 Å². The minimum absolute atomic E-state index is 0.0712. The fourth-order valence-corrected chi connectivity index (χ4v) is 5.32. The Morgan fingerprint density at radius 3 is 1.94 bits per heavy atom. The molecule has 1 aromatic carbocycles. The lowest BCUT2D eigenvalue weighted by Gasteiger charge is -2.50. The van der Waals surface area contributed by atoms with Gasteiger partial charge in [0.15, 0.2) is 5.82 Å². The third-order valence-electron chi connectivity index (χ3n) is 7.45. The highest BCUT2D eigenvalue weighted by atomic mass is 16.5. The molecular formula is C29H45N3O2. The Labute approximate surface area is 206 Å². The lowest BCUT2D eigenvalue weighted by Crippen LogP contribution is -2.49. The van der Waals surface area contributed by atoms with Crippen LogP contribution in [0.1, 0.15) is 93.5 Å². The summed E-state index contributed by atoms with van der Waals surface area (Å²) in [6.45, 7) is 22.5. The molecule has 1 heterocycles. The van der Waals surface area contributed by atoms with E-state index in [1.807, 2.05) is 12.1 Å². The van der Waals surface area contributed by atoms with Crippen LogP contribution in [0.4, 0.5) is 0 Å². The molecule has 2 atom stereocenters. The van der Waals surface area contributed by atoms with E-state index in [1.54, 1.807) is 0 Å². The number of esters is 1. The number of carbonyl (C=O) groups is 1. The second-order valence-corrected chi connectivity index (χ2v) is 13.6. The first-order valence-corrected chi connectivity index (χ1v) is 12.8. The van der Waals surface area contributed by atoms with Crippen molar-refractivity contribution in [3.8, 4) is 11.4 Å². The molecule has 0 aliphatic heterocycles. The van der Waals surface area contributed by atoms with Crippen molar-refractivity contribution < 1.29 is 9.53 Å². The maximum Gasteiger partial charge on any atom is 0.313 e. The lowest BCUT2D eigenvalue weighted by molar-refractivity contribution is -0.168. The molecule has 0 spiro atoms. The molecule has 0 saturated heterocycles. The predicted molar refractivity (Wildman–Crippen MR) is 138 cm³/mol. The zero-order chi connectivity index (χ0) is 25.5. The van der Waals surface area contributed by atoms with E-state index < -0.39 is 0 Å². The molecule has 3 rings (SSSR count). The Balaban J connectivity index is 1.74. The minimum atomic E-state index is -0.228. The fourth-order valence-electron chi connectivity index (χ4n) is 5.32. The fraction of sp³-hybridized carbons (Fsp3) is 0.690. The number of rotatable bonds is 4. The van der Waals surface area contributed by atoms with E-state index in [2.05, 4.69) is 96.6 Å². The van der Waals surface area contributed by atoms with Crippen LogP contribution in [0.2, 0.25) is 0 Å². The Kier molecular flexibility index (Phi) is 7.36. The first-order chi connectivity index (χ1) is 15.6. The summed E-state index contributed by atoms with van der Waals surface area (Å²) in [5, 5.41) is 7.30. The first-order valence-electron chi connectivity index (χ1n) is 12.8. The van der Waals surface area contributed by atoms with Gasteiger partial charge in [-0.15, -0.1) is 0 Å². The van der Waals surface area contributed by atoms with Crippen molar-refractivity contribution >= 4 is 5.97 Å². The molecule has 0 radical (unpaired) electrons. The Hall–Kier alpha value is -2.17. The van der Waals surface area contributed by atoms with Gasteiger partial charge in [0.25, 0.3) is 0 Å². The molecule has 1 N–H and O–H groups in total. The third-order valence-corrected chi connectivity index (χ3v) is 7.45. The number of hydrogen-bond acceptors (Lipinski definition) is 4. The Morgan fingerprint density at radius 2 is 1.47 bits per heavy atom. The number of aromatic nitrogens is 3. The number of carbonyl (C=O) groups excluding carboxylic acids is 1. The van der Waals surface area contributed by atoms with Gasteiger partial charge in [0.2, 0.25) is 0 Å².